The lowest BCUT2D eigenvalue weighted by Crippen LogP contribution is -2.31. The zero-order chi connectivity index (χ0) is 18.4. The van der Waals surface area contributed by atoms with Crippen molar-refractivity contribution in [2.45, 2.75) is 17.9 Å². The van der Waals surface area contributed by atoms with E-state index in [0.717, 1.165) is 0 Å². The lowest BCUT2D eigenvalue weighted by Gasteiger charge is -2.15. The van der Waals surface area contributed by atoms with Crippen molar-refractivity contribution in [3.05, 3.63) is 64.7 Å². The number of halogens is 1. The van der Waals surface area contributed by atoms with Crippen molar-refractivity contribution < 1.29 is 17.9 Å². The molecule has 0 saturated carbocycles. The van der Waals surface area contributed by atoms with Crippen LogP contribution in [0, 0.1) is 11.3 Å². The minimum atomic E-state index is -4.01. The fourth-order valence-electron chi connectivity index (χ4n) is 2.13. The van der Waals surface area contributed by atoms with E-state index in [-0.39, 0.29) is 10.5 Å². The Kier molecular flexibility index (Phi) is 6.15. The Balaban J connectivity index is 2.02. The number of esters is 1. The third kappa shape index (κ3) is 4.79. The van der Waals surface area contributed by atoms with Gasteiger partial charge in [0, 0.05) is 10.6 Å². The number of nitrogens with one attached hydrogen (secondary N) is 1. The summed E-state index contributed by atoms with van der Waals surface area (Å²) in [6, 6.07) is 14.4. The van der Waals surface area contributed by atoms with E-state index in [1.807, 2.05) is 0 Å². The van der Waals surface area contributed by atoms with Gasteiger partial charge in [0.1, 0.15) is 18.7 Å². The van der Waals surface area contributed by atoms with Crippen molar-refractivity contribution in [1.29, 1.82) is 5.26 Å². The predicted molar refractivity (Wildman–Crippen MR) is 92.3 cm³/mol. The molecule has 8 heteroatoms. The van der Waals surface area contributed by atoms with Crippen LogP contribution in [0.3, 0.4) is 0 Å². The van der Waals surface area contributed by atoms with Gasteiger partial charge in [-0.3, -0.25) is 4.79 Å². The summed E-state index contributed by atoms with van der Waals surface area (Å²) in [6.07, 6.45) is -0.628. The van der Waals surface area contributed by atoms with E-state index < -0.39 is 28.6 Å². The lowest BCUT2D eigenvalue weighted by atomic mass is 10.1. The second-order valence-corrected chi connectivity index (χ2v) is 7.23. The molecule has 2 aromatic carbocycles. The van der Waals surface area contributed by atoms with Crippen molar-refractivity contribution in [3.8, 4) is 6.07 Å². The SMILES string of the molecule is C[C@H](OC(=O)CNS(=O)(=O)c1ccccc1C#N)c1ccccc1Cl. The van der Waals surface area contributed by atoms with Crippen LogP contribution in [-0.4, -0.2) is 20.9 Å². The van der Waals surface area contributed by atoms with Gasteiger partial charge in [-0.1, -0.05) is 41.9 Å². The molecule has 0 radical (unpaired) electrons. The van der Waals surface area contributed by atoms with E-state index in [1.165, 1.54) is 18.2 Å². The third-order valence-electron chi connectivity index (χ3n) is 3.35. The standard InChI is InChI=1S/C17H15ClN2O4S/c1-12(14-7-3-4-8-15(14)18)24-17(21)11-20-25(22,23)16-9-5-2-6-13(16)10-19/h2-9,12,20H,11H2,1H3/t12-/m0/s1. The lowest BCUT2D eigenvalue weighted by molar-refractivity contribution is -0.147. The molecule has 0 saturated heterocycles. The maximum absolute atomic E-state index is 12.2. The summed E-state index contributed by atoms with van der Waals surface area (Å²) in [5.41, 5.74) is 0.614. The van der Waals surface area contributed by atoms with Gasteiger partial charge in [0.15, 0.2) is 0 Å². The number of nitrogens with zero attached hydrogens (tertiary/aromatic N) is 1. The topological polar surface area (TPSA) is 96.3 Å². The number of sulfonamides is 1. The fraction of sp³-hybridized carbons (Fsp3) is 0.176. The van der Waals surface area contributed by atoms with Gasteiger partial charge in [-0.25, -0.2) is 8.42 Å². The summed E-state index contributed by atoms with van der Waals surface area (Å²) < 4.78 is 31.8. The molecular formula is C17H15ClN2O4S. The summed E-state index contributed by atoms with van der Waals surface area (Å²) in [5, 5.41) is 9.43. The monoisotopic (exact) mass is 378 g/mol. The molecule has 0 aliphatic carbocycles. The average Bonchev–Trinajstić information content (AvgIpc) is 2.60. The minimum Gasteiger partial charge on any atom is -0.457 e. The van der Waals surface area contributed by atoms with Crippen LogP contribution in [0.15, 0.2) is 53.4 Å². The molecule has 1 atom stereocenters. The molecule has 0 heterocycles. The van der Waals surface area contributed by atoms with E-state index >= 15 is 0 Å². The molecule has 0 unspecified atom stereocenters. The minimum absolute atomic E-state index is 0.00666. The number of carbonyl (C=O) groups is 1. The van der Waals surface area contributed by atoms with Gasteiger partial charge in [-0.15, -0.1) is 0 Å². The highest BCUT2D eigenvalue weighted by molar-refractivity contribution is 7.89. The molecule has 0 aliphatic rings. The van der Waals surface area contributed by atoms with E-state index in [2.05, 4.69) is 4.72 Å². The molecule has 0 bridgehead atoms. The molecule has 2 rings (SSSR count). The van der Waals surface area contributed by atoms with Crippen molar-refractivity contribution in [3.63, 3.8) is 0 Å². The molecule has 130 valence electrons. The Morgan fingerprint density at radius 3 is 2.56 bits per heavy atom. The molecule has 0 aliphatic heterocycles. The Labute approximate surface area is 151 Å². The van der Waals surface area contributed by atoms with Gasteiger partial charge in [-0.2, -0.15) is 9.98 Å². The Hall–Kier alpha value is -2.40. The molecule has 25 heavy (non-hydrogen) atoms. The smallest absolute Gasteiger partial charge is 0.321 e. The third-order valence-corrected chi connectivity index (χ3v) is 5.16. The maximum atomic E-state index is 12.2. The molecule has 1 N–H and O–H groups in total. The van der Waals surface area contributed by atoms with Gasteiger partial charge in [0.25, 0.3) is 0 Å². The number of hydrogen-bond donors (Lipinski definition) is 1. The summed E-state index contributed by atoms with van der Waals surface area (Å²) in [6.45, 7) is 1.08. The summed E-state index contributed by atoms with van der Waals surface area (Å²) in [4.78, 5) is 11.7. The predicted octanol–water partition coefficient (Wildman–Crippen LogP) is 2.79. The normalized spacial score (nSPS) is 12.2. The molecule has 2 aromatic rings. The van der Waals surface area contributed by atoms with Gasteiger partial charge in [0.2, 0.25) is 10.0 Å². The van der Waals surface area contributed by atoms with Crippen molar-refractivity contribution in [2.24, 2.45) is 0 Å². The highest BCUT2D eigenvalue weighted by Crippen LogP contribution is 2.24. The number of rotatable bonds is 6. The summed E-state index contributed by atoms with van der Waals surface area (Å²) >= 11 is 6.03. The Bertz CT molecular complexity index is 922. The van der Waals surface area contributed by atoms with E-state index in [4.69, 9.17) is 21.6 Å². The number of nitriles is 1. The van der Waals surface area contributed by atoms with Crippen molar-refractivity contribution in [2.75, 3.05) is 6.54 Å². The van der Waals surface area contributed by atoms with Crippen LogP contribution in [0.1, 0.15) is 24.2 Å². The van der Waals surface area contributed by atoms with Crippen LogP contribution < -0.4 is 4.72 Å². The molecule has 0 spiro atoms. The zero-order valence-electron chi connectivity index (χ0n) is 13.3. The van der Waals surface area contributed by atoms with Gasteiger partial charge in [0.05, 0.1) is 10.5 Å². The highest BCUT2D eigenvalue weighted by Gasteiger charge is 2.21. The first-order chi connectivity index (χ1) is 11.8. The van der Waals surface area contributed by atoms with Crippen LogP contribution in [0.25, 0.3) is 0 Å². The van der Waals surface area contributed by atoms with Crippen molar-refractivity contribution in [1.82, 2.24) is 4.72 Å². The number of carbonyl (C=O) groups excluding carboxylic acids is 1. The van der Waals surface area contributed by atoms with Crippen LogP contribution >= 0.6 is 11.6 Å². The van der Waals surface area contributed by atoms with Gasteiger partial charge < -0.3 is 4.74 Å². The number of benzene rings is 2. The molecular weight excluding hydrogens is 364 g/mol. The molecule has 0 aromatic heterocycles. The first-order valence-electron chi connectivity index (χ1n) is 7.28. The number of ether oxygens (including phenoxy) is 1. The van der Waals surface area contributed by atoms with E-state index in [1.54, 1.807) is 43.3 Å². The van der Waals surface area contributed by atoms with Crippen molar-refractivity contribution >= 4 is 27.6 Å². The van der Waals surface area contributed by atoms with Gasteiger partial charge >= 0.3 is 5.97 Å². The Morgan fingerprint density at radius 1 is 1.24 bits per heavy atom. The largest absolute Gasteiger partial charge is 0.457 e. The summed E-state index contributed by atoms with van der Waals surface area (Å²) in [7, 11) is -4.01. The van der Waals surface area contributed by atoms with Crippen LogP contribution in [0.2, 0.25) is 5.02 Å². The first-order valence-corrected chi connectivity index (χ1v) is 9.14. The quantitative estimate of drug-likeness (QED) is 0.779. The first kappa shape index (κ1) is 18.9. The van der Waals surface area contributed by atoms with Gasteiger partial charge in [-0.05, 0) is 25.1 Å². The van der Waals surface area contributed by atoms with Crippen LogP contribution in [0.4, 0.5) is 0 Å². The summed E-state index contributed by atoms with van der Waals surface area (Å²) in [5.74, 6) is -0.759. The maximum Gasteiger partial charge on any atom is 0.321 e. The van der Waals surface area contributed by atoms with E-state index in [9.17, 15) is 13.2 Å². The highest BCUT2D eigenvalue weighted by atomic mass is 35.5. The zero-order valence-corrected chi connectivity index (χ0v) is 14.8. The Morgan fingerprint density at radius 2 is 1.88 bits per heavy atom. The van der Waals surface area contributed by atoms with E-state index in [0.29, 0.717) is 10.6 Å². The molecule has 0 fully saturated rings. The number of hydrogen-bond acceptors (Lipinski definition) is 5. The second-order valence-electron chi connectivity index (χ2n) is 5.09. The molecule has 0 amide bonds. The fourth-order valence-corrected chi connectivity index (χ4v) is 3.55. The average molecular weight is 379 g/mol. The van der Waals surface area contributed by atoms with Crippen LogP contribution in [0.5, 0.6) is 0 Å². The van der Waals surface area contributed by atoms with Crippen LogP contribution in [-0.2, 0) is 19.6 Å². The molecule has 6 nitrogen and oxygen atoms in total. The second kappa shape index (κ2) is 8.12.